The minimum atomic E-state index is -3.88. The molecule has 0 aromatic carbocycles. The van der Waals surface area contributed by atoms with Gasteiger partial charge in [0, 0.05) is 12.6 Å². The molecule has 37 heavy (non-hydrogen) atoms. The largest absolute Gasteiger partial charge is 0.444 e. The van der Waals surface area contributed by atoms with Crippen molar-refractivity contribution in [3.05, 3.63) is 22.7 Å². The highest BCUT2D eigenvalue weighted by atomic mass is 19.3. The van der Waals surface area contributed by atoms with Crippen molar-refractivity contribution in [2.45, 2.75) is 95.8 Å². The van der Waals surface area contributed by atoms with E-state index in [1.807, 2.05) is 0 Å². The third kappa shape index (κ3) is 8.54. The summed E-state index contributed by atoms with van der Waals surface area (Å²) in [5.74, 6) is -4.82. The summed E-state index contributed by atoms with van der Waals surface area (Å²) in [6.07, 6.45) is -3.71. The number of aliphatic hydroxyl groups excluding tert-OH is 2. The van der Waals surface area contributed by atoms with Crippen LogP contribution in [-0.4, -0.2) is 73.9 Å². The van der Waals surface area contributed by atoms with Crippen molar-refractivity contribution in [2.24, 2.45) is 0 Å². The van der Waals surface area contributed by atoms with Gasteiger partial charge in [-0.05, 0) is 46.6 Å². The van der Waals surface area contributed by atoms with Gasteiger partial charge in [-0.2, -0.15) is 13.8 Å². The van der Waals surface area contributed by atoms with E-state index >= 15 is 0 Å². The van der Waals surface area contributed by atoms with Crippen molar-refractivity contribution in [1.29, 1.82) is 0 Å². The third-order valence-corrected chi connectivity index (χ3v) is 5.42. The summed E-state index contributed by atoms with van der Waals surface area (Å²) in [5, 5.41) is 23.6. The summed E-state index contributed by atoms with van der Waals surface area (Å²) in [5.41, 5.74) is -2.01. The number of unbranched alkanes of at least 4 members (excludes halogenated alkanes) is 2. The maximum atomic E-state index is 14.4. The van der Waals surface area contributed by atoms with Crippen molar-refractivity contribution in [3.63, 3.8) is 0 Å². The van der Waals surface area contributed by atoms with Crippen LogP contribution in [0.2, 0.25) is 0 Å². The highest BCUT2D eigenvalue weighted by molar-refractivity contribution is 5.95. The summed E-state index contributed by atoms with van der Waals surface area (Å²) in [6.45, 7) is 5.56. The molecule has 1 aromatic rings. The average molecular weight is 533 g/mol. The molecule has 14 heteroatoms. The number of amides is 2. The van der Waals surface area contributed by atoms with Crippen LogP contribution in [0.3, 0.4) is 0 Å². The molecule has 2 amide bonds. The molecule has 1 fully saturated rings. The number of carbonyl (C=O) groups excluding carboxylic acids is 3. The molecule has 4 N–H and O–H groups in total. The molecule has 0 bridgehead atoms. The Morgan fingerprint density at radius 2 is 1.95 bits per heavy atom. The van der Waals surface area contributed by atoms with Gasteiger partial charge in [0.1, 0.15) is 29.3 Å². The van der Waals surface area contributed by atoms with Crippen LogP contribution < -0.4 is 16.3 Å². The van der Waals surface area contributed by atoms with Gasteiger partial charge in [0.05, 0.1) is 6.61 Å². The maximum absolute atomic E-state index is 14.4. The number of hydrogen-bond donors (Lipinski definition) is 4. The van der Waals surface area contributed by atoms with Gasteiger partial charge >= 0.3 is 17.7 Å². The van der Waals surface area contributed by atoms with E-state index in [2.05, 4.69) is 15.6 Å². The molecule has 12 nitrogen and oxygen atoms in total. The SMILES string of the molecule is CC(=O)CCCCCC(NC(=O)OC(C)(C)C)C(=O)Nc1ccn([C@@H]2O[C@H](CO)C(O)C2(F)F)c(=O)n1. The van der Waals surface area contributed by atoms with E-state index in [1.54, 1.807) is 20.8 Å². The van der Waals surface area contributed by atoms with E-state index in [1.165, 1.54) is 6.92 Å². The quantitative estimate of drug-likeness (QED) is 0.309. The van der Waals surface area contributed by atoms with Crippen molar-refractivity contribution in [3.8, 4) is 0 Å². The van der Waals surface area contributed by atoms with Crippen LogP contribution in [0.5, 0.6) is 0 Å². The summed E-state index contributed by atoms with van der Waals surface area (Å²) in [6, 6.07) is 0.00813. The first kappa shape index (κ1) is 30.3. The van der Waals surface area contributed by atoms with Gasteiger partial charge in [0.2, 0.25) is 12.1 Å². The number of carbonyl (C=O) groups is 3. The minimum absolute atomic E-state index is 0.0455. The standard InChI is InChI=1S/C23H34F2N4O8/c1-13(31)8-6-5-7-9-14(26-21(35)37-22(2,3)4)18(33)27-16-10-11-29(20(34)28-16)19-23(24,25)17(32)15(12-30)36-19/h10-11,14-15,17,19,30,32H,5-9,12H2,1-4H3,(H,26,35)(H,27,28,33,34)/t14?,15-,17?,19-/m1/s1. The van der Waals surface area contributed by atoms with E-state index in [4.69, 9.17) is 14.6 Å². The predicted molar refractivity (Wildman–Crippen MR) is 126 cm³/mol. The van der Waals surface area contributed by atoms with Crippen molar-refractivity contribution < 1.29 is 42.9 Å². The third-order valence-electron chi connectivity index (χ3n) is 5.42. The lowest BCUT2D eigenvalue weighted by molar-refractivity contribution is -0.141. The van der Waals surface area contributed by atoms with Gasteiger partial charge in [0.25, 0.3) is 0 Å². The number of halogens is 2. The normalized spacial score (nSPS) is 21.8. The second-order valence-corrected chi connectivity index (χ2v) is 9.82. The summed E-state index contributed by atoms with van der Waals surface area (Å²) in [4.78, 5) is 52.2. The van der Waals surface area contributed by atoms with Gasteiger partial charge in [-0.3, -0.25) is 9.36 Å². The number of hydrogen-bond acceptors (Lipinski definition) is 9. The molecule has 1 aliphatic heterocycles. The highest BCUT2D eigenvalue weighted by Gasteiger charge is 2.59. The number of Topliss-reactive ketones (excluding diaryl/α,β-unsaturated/α-hetero) is 1. The van der Waals surface area contributed by atoms with Crippen molar-refractivity contribution in [2.75, 3.05) is 11.9 Å². The van der Waals surface area contributed by atoms with Crippen LogP contribution in [0.4, 0.5) is 19.4 Å². The van der Waals surface area contributed by atoms with Crippen LogP contribution in [0, 0.1) is 0 Å². The van der Waals surface area contributed by atoms with Gasteiger partial charge in [-0.1, -0.05) is 12.8 Å². The van der Waals surface area contributed by atoms with Crippen LogP contribution in [0.25, 0.3) is 0 Å². The molecule has 0 spiro atoms. The van der Waals surface area contributed by atoms with Crippen molar-refractivity contribution in [1.82, 2.24) is 14.9 Å². The van der Waals surface area contributed by atoms with Gasteiger partial charge in [-0.25, -0.2) is 9.59 Å². The topological polar surface area (TPSA) is 169 Å². The fraction of sp³-hybridized carbons (Fsp3) is 0.696. The zero-order chi connectivity index (χ0) is 28.0. The predicted octanol–water partition coefficient (Wildman–Crippen LogP) is 1.50. The van der Waals surface area contributed by atoms with Crippen LogP contribution in [0.15, 0.2) is 17.1 Å². The number of nitrogens with zero attached hydrogens (tertiary/aromatic N) is 2. The molecule has 4 atom stereocenters. The Morgan fingerprint density at radius 1 is 1.27 bits per heavy atom. The Hall–Kier alpha value is -2.97. The van der Waals surface area contributed by atoms with Crippen molar-refractivity contribution >= 4 is 23.6 Å². The number of alkyl carbamates (subject to hydrolysis) is 1. The summed E-state index contributed by atoms with van der Waals surface area (Å²) in [7, 11) is 0. The first-order valence-electron chi connectivity index (χ1n) is 11.9. The number of nitrogens with one attached hydrogen (secondary N) is 2. The molecule has 2 heterocycles. The molecule has 2 rings (SSSR count). The summed E-state index contributed by atoms with van der Waals surface area (Å²) < 4.78 is 39.3. The van der Waals surface area contributed by atoms with E-state index in [-0.39, 0.29) is 18.0 Å². The Kier molecular flexibility index (Phi) is 10.2. The minimum Gasteiger partial charge on any atom is -0.444 e. The number of aromatic nitrogens is 2. The van der Waals surface area contributed by atoms with Crippen LogP contribution in [0.1, 0.15) is 66.0 Å². The van der Waals surface area contributed by atoms with Crippen LogP contribution >= 0.6 is 0 Å². The number of rotatable bonds is 11. The smallest absolute Gasteiger partial charge is 0.408 e. The molecule has 1 saturated heterocycles. The van der Waals surface area contributed by atoms with E-state index in [9.17, 15) is 33.1 Å². The number of anilines is 1. The Labute approximate surface area is 212 Å². The second-order valence-electron chi connectivity index (χ2n) is 9.82. The monoisotopic (exact) mass is 532 g/mol. The lowest BCUT2D eigenvalue weighted by Crippen LogP contribution is -2.46. The van der Waals surface area contributed by atoms with Crippen LogP contribution in [-0.2, 0) is 19.1 Å². The fourth-order valence-corrected chi connectivity index (χ4v) is 3.61. The number of ether oxygens (including phenoxy) is 2. The van der Waals surface area contributed by atoms with Gasteiger partial charge in [-0.15, -0.1) is 0 Å². The second kappa shape index (κ2) is 12.5. The zero-order valence-corrected chi connectivity index (χ0v) is 21.2. The van der Waals surface area contributed by atoms with E-state index in [0.29, 0.717) is 30.3 Å². The Morgan fingerprint density at radius 3 is 2.49 bits per heavy atom. The molecule has 208 valence electrons. The van der Waals surface area contributed by atoms with Gasteiger partial charge in [0.15, 0.2) is 6.10 Å². The molecule has 0 saturated carbocycles. The maximum Gasteiger partial charge on any atom is 0.408 e. The first-order valence-corrected chi connectivity index (χ1v) is 11.9. The Balaban J connectivity index is 2.13. The molecule has 2 unspecified atom stereocenters. The highest BCUT2D eigenvalue weighted by Crippen LogP contribution is 2.41. The number of alkyl halides is 2. The fourth-order valence-electron chi connectivity index (χ4n) is 3.61. The summed E-state index contributed by atoms with van der Waals surface area (Å²) >= 11 is 0. The molecule has 0 aliphatic carbocycles. The molecule has 1 aromatic heterocycles. The molecule has 0 radical (unpaired) electrons. The number of ketones is 1. The van der Waals surface area contributed by atoms with E-state index < -0.39 is 60.3 Å². The zero-order valence-electron chi connectivity index (χ0n) is 21.2. The molecular formula is C23H34F2N4O8. The lowest BCUT2D eigenvalue weighted by Gasteiger charge is -2.23. The first-order chi connectivity index (χ1) is 17.2. The lowest BCUT2D eigenvalue weighted by atomic mass is 10.1. The van der Waals surface area contributed by atoms with E-state index in [0.717, 1.165) is 12.3 Å². The molecular weight excluding hydrogens is 498 g/mol. The average Bonchev–Trinajstić information content (AvgIpc) is 3.00. The number of aliphatic hydroxyl groups is 2. The Bertz CT molecular complexity index is 1030. The molecule has 1 aliphatic rings. The van der Waals surface area contributed by atoms with Gasteiger partial charge < -0.3 is 35.1 Å².